The van der Waals surface area contributed by atoms with Gasteiger partial charge >= 0.3 is 0 Å². The average Bonchev–Trinajstić information content (AvgIpc) is 2.78. The van der Waals surface area contributed by atoms with Crippen molar-refractivity contribution in [3.05, 3.63) is 0 Å². The summed E-state index contributed by atoms with van der Waals surface area (Å²) >= 11 is 0. The molecule has 0 aromatic carbocycles. The Kier molecular flexibility index (Phi) is 2.74. The van der Waals surface area contributed by atoms with E-state index in [9.17, 15) is 4.79 Å². The van der Waals surface area contributed by atoms with Crippen LogP contribution in [0.25, 0.3) is 0 Å². The van der Waals surface area contributed by atoms with Gasteiger partial charge in [-0.1, -0.05) is 0 Å². The molecule has 4 atom stereocenters. The SMILES string of the molecule is CC(CN)NC(=O)C1CC2CCC1O2. The summed E-state index contributed by atoms with van der Waals surface area (Å²) in [7, 11) is 0. The van der Waals surface area contributed by atoms with E-state index in [0.717, 1.165) is 19.3 Å². The number of fused-ring (bicyclic) bond motifs is 2. The first-order valence-electron chi connectivity index (χ1n) is 5.36. The maximum Gasteiger partial charge on any atom is 0.226 e. The van der Waals surface area contributed by atoms with E-state index in [1.54, 1.807) is 0 Å². The lowest BCUT2D eigenvalue weighted by Crippen LogP contribution is -2.43. The van der Waals surface area contributed by atoms with E-state index in [2.05, 4.69) is 5.32 Å². The summed E-state index contributed by atoms with van der Waals surface area (Å²) in [5.74, 6) is 0.193. The second-order valence-corrected chi connectivity index (χ2v) is 4.36. The van der Waals surface area contributed by atoms with E-state index in [1.807, 2.05) is 6.92 Å². The summed E-state index contributed by atoms with van der Waals surface area (Å²) in [5.41, 5.74) is 5.45. The van der Waals surface area contributed by atoms with Gasteiger partial charge < -0.3 is 15.8 Å². The highest BCUT2D eigenvalue weighted by molar-refractivity contribution is 5.80. The van der Waals surface area contributed by atoms with Crippen LogP contribution in [0.5, 0.6) is 0 Å². The van der Waals surface area contributed by atoms with Crippen molar-refractivity contribution in [1.82, 2.24) is 5.32 Å². The largest absolute Gasteiger partial charge is 0.374 e. The molecule has 0 spiro atoms. The molecule has 0 radical (unpaired) electrons. The first-order valence-corrected chi connectivity index (χ1v) is 5.36. The smallest absolute Gasteiger partial charge is 0.226 e. The minimum absolute atomic E-state index is 0.0710. The molecular formula is C10H18N2O2. The summed E-state index contributed by atoms with van der Waals surface area (Å²) in [6.45, 7) is 2.42. The van der Waals surface area contributed by atoms with Crippen LogP contribution in [0.1, 0.15) is 26.2 Å². The molecule has 2 bridgehead atoms. The number of hydrogen-bond donors (Lipinski definition) is 2. The fourth-order valence-electron chi connectivity index (χ4n) is 2.32. The lowest BCUT2D eigenvalue weighted by molar-refractivity contribution is -0.127. The fraction of sp³-hybridized carbons (Fsp3) is 0.900. The molecule has 4 unspecified atom stereocenters. The number of nitrogens with one attached hydrogen (secondary N) is 1. The summed E-state index contributed by atoms with van der Waals surface area (Å²) in [4.78, 5) is 11.8. The fourth-order valence-corrected chi connectivity index (χ4v) is 2.32. The Morgan fingerprint density at radius 2 is 2.43 bits per heavy atom. The zero-order valence-corrected chi connectivity index (χ0v) is 8.53. The third-order valence-corrected chi connectivity index (χ3v) is 3.18. The summed E-state index contributed by atoms with van der Waals surface area (Å²) in [5, 5.41) is 2.91. The second kappa shape index (κ2) is 3.87. The molecule has 2 aliphatic rings. The van der Waals surface area contributed by atoms with Gasteiger partial charge in [-0.3, -0.25) is 4.79 Å². The van der Waals surface area contributed by atoms with E-state index < -0.39 is 0 Å². The Balaban J connectivity index is 1.87. The molecule has 14 heavy (non-hydrogen) atoms. The van der Waals surface area contributed by atoms with Gasteiger partial charge in [-0.05, 0) is 26.2 Å². The first-order chi connectivity index (χ1) is 6.70. The third kappa shape index (κ3) is 1.77. The van der Waals surface area contributed by atoms with Gasteiger partial charge in [0.2, 0.25) is 5.91 Å². The van der Waals surface area contributed by atoms with Gasteiger partial charge in [-0.2, -0.15) is 0 Å². The highest BCUT2D eigenvalue weighted by atomic mass is 16.5. The Morgan fingerprint density at radius 1 is 1.64 bits per heavy atom. The molecule has 2 heterocycles. The summed E-state index contributed by atoms with van der Waals surface area (Å²) < 4.78 is 5.63. The molecule has 2 saturated heterocycles. The molecule has 1 amide bonds. The number of hydrogen-bond acceptors (Lipinski definition) is 3. The number of carbonyl (C=O) groups is 1. The minimum atomic E-state index is 0.0710. The van der Waals surface area contributed by atoms with Crippen molar-refractivity contribution < 1.29 is 9.53 Å². The normalized spacial score (nSPS) is 37.1. The number of rotatable bonds is 3. The van der Waals surface area contributed by atoms with Crippen LogP contribution in [0.15, 0.2) is 0 Å². The predicted octanol–water partition coefficient (Wildman–Crippen LogP) is 0.0173. The van der Waals surface area contributed by atoms with Gasteiger partial charge in [0.25, 0.3) is 0 Å². The maximum atomic E-state index is 11.8. The minimum Gasteiger partial charge on any atom is -0.374 e. The topological polar surface area (TPSA) is 64.3 Å². The van der Waals surface area contributed by atoms with Crippen molar-refractivity contribution in [1.29, 1.82) is 0 Å². The van der Waals surface area contributed by atoms with Crippen molar-refractivity contribution in [2.45, 2.75) is 44.4 Å². The molecule has 0 aromatic rings. The van der Waals surface area contributed by atoms with Gasteiger partial charge in [0.15, 0.2) is 0 Å². The Hall–Kier alpha value is -0.610. The van der Waals surface area contributed by atoms with Crippen LogP contribution in [-0.4, -0.2) is 30.7 Å². The van der Waals surface area contributed by atoms with Crippen LogP contribution in [0.4, 0.5) is 0 Å². The Morgan fingerprint density at radius 3 is 2.93 bits per heavy atom. The van der Waals surface area contributed by atoms with Crippen LogP contribution >= 0.6 is 0 Å². The zero-order chi connectivity index (χ0) is 10.1. The van der Waals surface area contributed by atoms with E-state index in [-0.39, 0.29) is 24.0 Å². The summed E-state index contributed by atoms with van der Waals surface area (Å²) in [6, 6.07) is 0.0710. The Bertz CT molecular complexity index is 232. The first kappa shape index (κ1) is 9.93. The van der Waals surface area contributed by atoms with Crippen LogP contribution in [0.2, 0.25) is 0 Å². The van der Waals surface area contributed by atoms with Crippen molar-refractivity contribution in [3.8, 4) is 0 Å². The number of nitrogens with two attached hydrogens (primary N) is 1. The van der Waals surface area contributed by atoms with E-state index >= 15 is 0 Å². The molecule has 0 saturated carbocycles. The molecule has 2 aliphatic heterocycles. The lowest BCUT2D eigenvalue weighted by Gasteiger charge is -2.20. The van der Waals surface area contributed by atoms with Crippen LogP contribution < -0.4 is 11.1 Å². The molecular weight excluding hydrogens is 180 g/mol. The maximum absolute atomic E-state index is 11.8. The number of carbonyl (C=O) groups excluding carboxylic acids is 1. The van der Waals surface area contributed by atoms with Gasteiger partial charge in [0.1, 0.15) is 0 Å². The molecule has 3 N–H and O–H groups in total. The molecule has 2 fully saturated rings. The third-order valence-electron chi connectivity index (χ3n) is 3.18. The second-order valence-electron chi connectivity index (χ2n) is 4.36. The average molecular weight is 198 g/mol. The van der Waals surface area contributed by atoms with E-state index in [1.165, 1.54) is 0 Å². The van der Waals surface area contributed by atoms with Gasteiger partial charge in [0, 0.05) is 12.6 Å². The molecule has 4 heteroatoms. The van der Waals surface area contributed by atoms with Gasteiger partial charge in [-0.15, -0.1) is 0 Å². The van der Waals surface area contributed by atoms with E-state index in [4.69, 9.17) is 10.5 Å². The standard InChI is InChI=1S/C10H18N2O2/c1-6(5-11)12-10(13)8-4-7-2-3-9(8)14-7/h6-9H,2-5,11H2,1H3,(H,12,13). The van der Waals surface area contributed by atoms with Crippen LogP contribution in [-0.2, 0) is 9.53 Å². The highest BCUT2D eigenvalue weighted by Gasteiger charge is 2.44. The monoisotopic (exact) mass is 198 g/mol. The van der Waals surface area contributed by atoms with Crippen molar-refractivity contribution >= 4 is 5.91 Å². The predicted molar refractivity (Wildman–Crippen MR) is 52.7 cm³/mol. The molecule has 2 rings (SSSR count). The molecule has 80 valence electrons. The van der Waals surface area contributed by atoms with Gasteiger partial charge in [0.05, 0.1) is 18.1 Å². The lowest BCUT2D eigenvalue weighted by atomic mass is 9.88. The molecule has 0 aromatic heterocycles. The zero-order valence-electron chi connectivity index (χ0n) is 8.53. The summed E-state index contributed by atoms with van der Waals surface area (Å²) in [6.07, 6.45) is 3.57. The number of ether oxygens (including phenoxy) is 1. The molecule has 0 aliphatic carbocycles. The van der Waals surface area contributed by atoms with Crippen LogP contribution in [0.3, 0.4) is 0 Å². The van der Waals surface area contributed by atoms with Crippen LogP contribution in [0, 0.1) is 5.92 Å². The quantitative estimate of drug-likeness (QED) is 0.672. The van der Waals surface area contributed by atoms with E-state index in [0.29, 0.717) is 12.6 Å². The van der Waals surface area contributed by atoms with Crippen molar-refractivity contribution in [3.63, 3.8) is 0 Å². The molecule has 4 nitrogen and oxygen atoms in total. The number of amides is 1. The van der Waals surface area contributed by atoms with Crippen molar-refractivity contribution in [2.75, 3.05) is 6.54 Å². The van der Waals surface area contributed by atoms with Crippen molar-refractivity contribution in [2.24, 2.45) is 11.7 Å². The Labute approximate surface area is 84.2 Å². The van der Waals surface area contributed by atoms with Gasteiger partial charge in [-0.25, -0.2) is 0 Å². The highest BCUT2D eigenvalue weighted by Crippen LogP contribution is 2.38.